The molecule has 0 radical (unpaired) electrons. The van der Waals surface area contributed by atoms with Crippen LogP contribution in [0.4, 0.5) is 0 Å². The number of hydrogen-bond donors (Lipinski definition) is 1. The molecule has 1 saturated heterocycles. The minimum Gasteiger partial charge on any atom is -0.350 e. The number of rotatable bonds is 2. The molecule has 0 saturated carbocycles. The van der Waals surface area contributed by atoms with Gasteiger partial charge in [0.05, 0.1) is 5.52 Å². The van der Waals surface area contributed by atoms with E-state index in [9.17, 15) is 0 Å². The number of piperidine rings is 1. The lowest BCUT2D eigenvalue weighted by molar-refractivity contribution is 0.376. The molecule has 2 aromatic heterocycles. The zero-order valence-electron chi connectivity index (χ0n) is 10.3. The Kier molecular flexibility index (Phi) is 2.85. The summed E-state index contributed by atoms with van der Waals surface area (Å²) in [6, 6.07) is 2.10. The van der Waals surface area contributed by atoms with E-state index in [1.807, 2.05) is 12.4 Å². The largest absolute Gasteiger partial charge is 0.350 e. The molecular weight excluding hydrogens is 210 g/mol. The first-order valence-corrected chi connectivity index (χ1v) is 6.43. The van der Waals surface area contributed by atoms with Crippen molar-refractivity contribution in [3.05, 3.63) is 30.2 Å². The molecule has 17 heavy (non-hydrogen) atoms. The van der Waals surface area contributed by atoms with Crippen LogP contribution in [0, 0.1) is 5.92 Å². The van der Waals surface area contributed by atoms with Crippen LogP contribution in [0.1, 0.15) is 18.4 Å². The number of nitrogens with zero attached hydrogens (tertiary/aromatic N) is 2. The maximum absolute atomic E-state index is 4.25. The van der Waals surface area contributed by atoms with Crippen molar-refractivity contribution in [1.29, 1.82) is 0 Å². The van der Waals surface area contributed by atoms with Crippen molar-refractivity contribution in [2.24, 2.45) is 13.0 Å². The number of nitrogens with one attached hydrogen (secondary N) is 1. The molecule has 2 aromatic rings. The van der Waals surface area contributed by atoms with Crippen molar-refractivity contribution in [3.8, 4) is 0 Å². The average Bonchev–Trinajstić information content (AvgIpc) is 2.69. The van der Waals surface area contributed by atoms with Crippen LogP contribution < -0.4 is 5.32 Å². The van der Waals surface area contributed by atoms with E-state index in [4.69, 9.17) is 0 Å². The summed E-state index contributed by atoms with van der Waals surface area (Å²) in [5.41, 5.74) is 2.74. The highest BCUT2D eigenvalue weighted by molar-refractivity contribution is 5.82. The fraction of sp³-hybridized carbons (Fsp3) is 0.500. The third kappa shape index (κ3) is 2.07. The molecule has 0 aliphatic carbocycles. The predicted octanol–water partition coefficient (Wildman–Crippen LogP) is 2.12. The second-order valence-corrected chi connectivity index (χ2v) is 5.07. The number of hydrogen-bond acceptors (Lipinski definition) is 2. The molecular formula is C14H19N3. The number of aromatic nitrogens is 2. The third-order valence-corrected chi connectivity index (χ3v) is 3.78. The lowest BCUT2D eigenvalue weighted by Gasteiger charge is -2.22. The standard InChI is InChI=1S/C14H19N3/c1-17-10-12(7-11-3-2-5-15-8-11)13-9-16-6-4-14(13)17/h4,6,9-11,15H,2-3,5,7-8H2,1H3. The maximum Gasteiger partial charge on any atom is 0.0511 e. The first-order valence-electron chi connectivity index (χ1n) is 6.43. The molecule has 90 valence electrons. The van der Waals surface area contributed by atoms with Crippen LogP contribution in [-0.4, -0.2) is 22.6 Å². The molecule has 1 atom stereocenters. The van der Waals surface area contributed by atoms with Crippen LogP contribution >= 0.6 is 0 Å². The van der Waals surface area contributed by atoms with E-state index in [1.54, 1.807) is 0 Å². The van der Waals surface area contributed by atoms with Gasteiger partial charge in [-0.3, -0.25) is 4.98 Å². The summed E-state index contributed by atoms with van der Waals surface area (Å²) in [7, 11) is 2.12. The molecule has 1 N–H and O–H groups in total. The molecule has 0 aromatic carbocycles. The minimum atomic E-state index is 0.787. The summed E-state index contributed by atoms with van der Waals surface area (Å²) < 4.78 is 2.21. The molecule has 3 heterocycles. The second-order valence-electron chi connectivity index (χ2n) is 5.07. The van der Waals surface area contributed by atoms with Gasteiger partial charge < -0.3 is 9.88 Å². The SMILES string of the molecule is Cn1cc(CC2CCCNC2)c2cnccc21. The normalized spacial score (nSPS) is 20.9. The maximum atomic E-state index is 4.25. The van der Waals surface area contributed by atoms with Gasteiger partial charge in [0.1, 0.15) is 0 Å². The van der Waals surface area contributed by atoms with E-state index in [2.05, 4.69) is 34.2 Å². The Balaban J connectivity index is 1.89. The van der Waals surface area contributed by atoms with Crippen molar-refractivity contribution < 1.29 is 0 Å². The third-order valence-electron chi connectivity index (χ3n) is 3.78. The zero-order valence-corrected chi connectivity index (χ0v) is 10.3. The Bertz CT molecular complexity index is 509. The molecule has 1 fully saturated rings. The van der Waals surface area contributed by atoms with Crippen LogP contribution in [0.25, 0.3) is 10.9 Å². The van der Waals surface area contributed by atoms with Crippen molar-refractivity contribution in [1.82, 2.24) is 14.9 Å². The summed E-state index contributed by atoms with van der Waals surface area (Å²) in [6.45, 7) is 2.35. The molecule has 1 unspecified atom stereocenters. The summed E-state index contributed by atoms with van der Waals surface area (Å²) in [5.74, 6) is 0.787. The highest BCUT2D eigenvalue weighted by atomic mass is 14.9. The second kappa shape index (κ2) is 4.49. The molecule has 1 aliphatic rings. The van der Waals surface area contributed by atoms with Crippen molar-refractivity contribution in [2.75, 3.05) is 13.1 Å². The quantitative estimate of drug-likeness (QED) is 0.855. The van der Waals surface area contributed by atoms with Crippen LogP contribution in [-0.2, 0) is 13.5 Å². The molecule has 0 spiro atoms. The van der Waals surface area contributed by atoms with Gasteiger partial charge in [-0.2, -0.15) is 0 Å². The van der Waals surface area contributed by atoms with Crippen LogP contribution in [0.3, 0.4) is 0 Å². The van der Waals surface area contributed by atoms with E-state index in [0.717, 1.165) is 12.5 Å². The van der Waals surface area contributed by atoms with Gasteiger partial charge in [0.25, 0.3) is 0 Å². The fourth-order valence-corrected chi connectivity index (χ4v) is 2.89. The summed E-state index contributed by atoms with van der Waals surface area (Å²) in [6.07, 6.45) is 9.98. The van der Waals surface area contributed by atoms with Crippen molar-refractivity contribution >= 4 is 10.9 Å². The molecule has 1 aliphatic heterocycles. The van der Waals surface area contributed by atoms with E-state index in [0.29, 0.717) is 0 Å². The Labute approximate surface area is 102 Å². The molecule has 3 nitrogen and oxygen atoms in total. The van der Waals surface area contributed by atoms with Gasteiger partial charge in [0.2, 0.25) is 0 Å². The Hall–Kier alpha value is -1.35. The van der Waals surface area contributed by atoms with Gasteiger partial charge in [0, 0.05) is 31.0 Å². The molecule has 0 bridgehead atoms. The minimum absolute atomic E-state index is 0.787. The average molecular weight is 229 g/mol. The summed E-state index contributed by atoms with van der Waals surface area (Å²) in [5, 5.41) is 4.81. The monoisotopic (exact) mass is 229 g/mol. The van der Waals surface area contributed by atoms with E-state index in [1.165, 1.54) is 42.3 Å². The summed E-state index contributed by atoms with van der Waals surface area (Å²) >= 11 is 0. The van der Waals surface area contributed by atoms with Crippen molar-refractivity contribution in [3.63, 3.8) is 0 Å². The lowest BCUT2D eigenvalue weighted by atomic mass is 9.92. The first kappa shape index (κ1) is 10.8. The number of fused-ring (bicyclic) bond motifs is 1. The van der Waals surface area contributed by atoms with Gasteiger partial charge in [0.15, 0.2) is 0 Å². The van der Waals surface area contributed by atoms with E-state index in [-0.39, 0.29) is 0 Å². The predicted molar refractivity (Wildman–Crippen MR) is 70.0 cm³/mol. The topological polar surface area (TPSA) is 29.9 Å². The molecule has 3 heteroatoms. The Morgan fingerprint density at radius 2 is 2.47 bits per heavy atom. The molecule has 3 rings (SSSR count). The van der Waals surface area contributed by atoms with Crippen LogP contribution in [0.5, 0.6) is 0 Å². The van der Waals surface area contributed by atoms with E-state index >= 15 is 0 Å². The number of pyridine rings is 1. The highest BCUT2D eigenvalue weighted by Gasteiger charge is 2.16. The Morgan fingerprint density at radius 3 is 3.29 bits per heavy atom. The highest BCUT2D eigenvalue weighted by Crippen LogP contribution is 2.24. The van der Waals surface area contributed by atoms with Gasteiger partial charge in [-0.1, -0.05) is 0 Å². The van der Waals surface area contributed by atoms with Gasteiger partial charge >= 0.3 is 0 Å². The lowest BCUT2D eigenvalue weighted by Crippen LogP contribution is -2.30. The first-order chi connectivity index (χ1) is 8.34. The van der Waals surface area contributed by atoms with Crippen molar-refractivity contribution in [2.45, 2.75) is 19.3 Å². The van der Waals surface area contributed by atoms with Gasteiger partial charge in [-0.15, -0.1) is 0 Å². The fourth-order valence-electron chi connectivity index (χ4n) is 2.89. The molecule has 0 amide bonds. The smallest absolute Gasteiger partial charge is 0.0511 e. The van der Waals surface area contributed by atoms with Crippen LogP contribution in [0.15, 0.2) is 24.7 Å². The zero-order chi connectivity index (χ0) is 11.7. The van der Waals surface area contributed by atoms with Crippen LogP contribution in [0.2, 0.25) is 0 Å². The van der Waals surface area contributed by atoms with E-state index < -0.39 is 0 Å². The van der Waals surface area contributed by atoms with Gasteiger partial charge in [-0.05, 0) is 49.9 Å². The Morgan fingerprint density at radius 1 is 1.53 bits per heavy atom. The number of aryl methyl sites for hydroxylation is 1. The van der Waals surface area contributed by atoms with Gasteiger partial charge in [-0.25, -0.2) is 0 Å². The summed E-state index contributed by atoms with van der Waals surface area (Å²) in [4.78, 5) is 4.25.